The maximum Gasteiger partial charge on any atom is 0.315 e. The first-order valence-electron chi connectivity index (χ1n) is 7.50. The lowest BCUT2D eigenvalue weighted by atomic mass is 9.78. The van der Waals surface area contributed by atoms with E-state index in [-0.39, 0.29) is 12.1 Å². The van der Waals surface area contributed by atoms with Crippen LogP contribution < -0.4 is 10.6 Å². The highest BCUT2D eigenvalue weighted by Gasteiger charge is 2.34. The highest BCUT2D eigenvalue weighted by Crippen LogP contribution is 2.34. The fourth-order valence-electron chi connectivity index (χ4n) is 3.41. The third kappa shape index (κ3) is 2.86. The fraction of sp³-hybridized carbons (Fsp3) is 0.500. The monoisotopic (exact) mass is 288 g/mol. The largest absolute Gasteiger partial charge is 0.481 e. The lowest BCUT2D eigenvalue weighted by Gasteiger charge is -2.30. The molecule has 2 amide bonds. The number of fused-ring (bicyclic) bond motifs is 1. The van der Waals surface area contributed by atoms with Crippen LogP contribution in [0.15, 0.2) is 24.3 Å². The zero-order valence-corrected chi connectivity index (χ0v) is 11.8. The van der Waals surface area contributed by atoms with Crippen LogP contribution in [0.25, 0.3) is 0 Å². The molecule has 2 aliphatic rings. The van der Waals surface area contributed by atoms with Crippen molar-refractivity contribution < 1.29 is 14.7 Å². The number of aliphatic carboxylic acids is 1. The number of carbonyl (C=O) groups is 2. The fourth-order valence-corrected chi connectivity index (χ4v) is 3.41. The number of carboxylic acids is 1. The van der Waals surface area contributed by atoms with Crippen LogP contribution in [0.3, 0.4) is 0 Å². The van der Waals surface area contributed by atoms with Gasteiger partial charge in [-0.1, -0.05) is 30.7 Å². The van der Waals surface area contributed by atoms with E-state index in [9.17, 15) is 9.59 Å². The summed E-state index contributed by atoms with van der Waals surface area (Å²) in [6, 6.07) is 7.76. The lowest BCUT2D eigenvalue weighted by Crippen LogP contribution is -2.46. The summed E-state index contributed by atoms with van der Waals surface area (Å²) in [5.74, 6) is -0.878. The predicted molar refractivity (Wildman–Crippen MR) is 78.2 cm³/mol. The van der Waals surface area contributed by atoms with Crippen molar-refractivity contribution in [2.24, 2.45) is 5.92 Å². The van der Waals surface area contributed by atoms with E-state index < -0.39 is 11.9 Å². The van der Waals surface area contributed by atoms with E-state index in [1.807, 2.05) is 12.1 Å². The van der Waals surface area contributed by atoms with Crippen LogP contribution >= 0.6 is 0 Å². The Kier molecular flexibility index (Phi) is 3.82. The topological polar surface area (TPSA) is 78.4 Å². The molecule has 1 saturated carbocycles. The molecule has 0 aliphatic heterocycles. The number of hydrogen-bond donors (Lipinski definition) is 3. The van der Waals surface area contributed by atoms with E-state index in [2.05, 4.69) is 22.8 Å². The first-order chi connectivity index (χ1) is 10.1. The number of hydrogen-bond acceptors (Lipinski definition) is 2. The molecule has 3 unspecified atom stereocenters. The molecule has 0 aromatic heterocycles. The van der Waals surface area contributed by atoms with Gasteiger partial charge in [0.1, 0.15) is 0 Å². The second kappa shape index (κ2) is 5.76. The Balaban J connectivity index is 1.46. The Morgan fingerprint density at radius 1 is 1.24 bits per heavy atom. The van der Waals surface area contributed by atoms with Crippen molar-refractivity contribution in [3.05, 3.63) is 35.4 Å². The van der Waals surface area contributed by atoms with E-state index in [0.717, 1.165) is 19.3 Å². The maximum atomic E-state index is 11.9. The zero-order valence-electron chi connectivity index (χ0n) is 11.8. The maximum absolute atomic E-state index is 11.9. The second-order valence-corrected chi connectivity index (χ2v) is 5.94. The first kappa shape index (κ1) is 13.9. The molecule has 3 N–H and O–H groups in total. The summed E-state index contributed by atoms with van der Waals surface area (Å²) in [5, 5.41) is 14.8. The number of rotatable bonds is 4. The number of carboxylic acid groups (broad SMARTS) is 1. The van der Waals surface area contributed by atoms with Gasteiger partial charge in [-0.25, -0.2) is 4.79 Å². The molecule has 0 bridgehead atoms. The number of urea groups is 1. The van der Waals surface area contributed by atoms with Gasteiger partial charge in [0.05, 0.1) is 5.92 Å². The third-order valence-corrected chi connectivity index (χ3v) is 4.62. The van der Waals surface area contributed by atoms with Crippen molar-refractivity contribution in [2.45, 2.75) is 37.6 Å². The molecule has 3 atom stereocenters. The van der Waals surface area contributed by atoms with Crippen LogP contribution in [0.2, 0.25) is 0 Å². The summed E-state index contributed by atoms with van der Waals surface area (Å²) in [4.78, 5) is 23.0. The van der Waals surface area contributed by atoms with Gasteiger partial charge in [0.2, 0.25) is 0 Å². The van der Waals surface area contributed by atoms with Gasteiger partial charge >= 0.3 is 12.0 Å². The van der Waals surface area contributed by atoms with Crippen LogP contribution in [0, 0.1) is 5.92 Å². The van der Waals surface area contributed by atoms with Crippen molar-refractivity contribution in [3.8, 4) is 0 Å². The number of amides is 2. The molecule has 2 aliphatic carbocycles. The second-order valence-electron chi connectivity index (χ2n) is 5.94. The SMILES string of the molecule is O=C(NCC1Cc2ccccc21)NC1CCCC1C(=O)O. The van der Waals surface area contributed by atoms with Gasteiger partial charge in [-0.15, -0.1) is 0 Å². The first-order valence-corrected chi connectivity index (χ1v) is 7.50. The van der Waals surface area contributed by atoms with Gasteiger partial charge in [0.25, 0.3) is 0 Å². The molecule has 1 aromatic rings. The molecule has 1 aromatic carbocycles. The summed E-state index contributed by atoms with van der Waals surface area (Å²) in [7, 11) is 0. The normalized spacial score (nSPS) is 26.6. The van der Waals surface area contributed by atoms with Crippen LogP contribution in [0.5, 0.6) is 0 Å². The van der Waals surface area contributed by atoms with E-state index in [1.54, 1.807) is 0 Å². The minimum Gasteiger partial charge on any atom is -0.481 e. The molecule has 5 nitrogen and oxygen atoms in total. The van der Waals surface area contributed by atoms with Gasteiger partial charge in [-0.3, -0.25) is 4.79 Å². The quantitative estimate of drug-likeness (QED) is 0.791. The van der Waals surface area contributed by atoms with E-state index >= 15 is 0 Å². The van der Waals surface area contributed by atoms with Crippen molar-refractivity contribution >= 4 is 12.0 Å². The zero-order chi connectivity index (χ0) is 14.8. The molecule has 0 saturated heterocycles. The van der Waals surface area contributed by atoms with Crippen molar-refractivity contribution in [1.82, 2.24) is 10.6 Å². The van der Waals surface area contributed by atoms with Gasteiger partial charge in [0.15, 0.2) is 0 Å². The number of carbonyl (C=O) groups excluding carboxylic acids is 1. The van der Waals surface area contributed by atoms with Crippen molar-refractivity contribution in [1.29, 1.82) is 0 Å². The average molecular weight is 288 g/mol. The molecular formula is C16H20N2O3. The Morgan fingerprint density at radius 2 is 2.05 bits per heavy atom. The van der Waals surface area contributed by atoms with Crippen LogP contribution in [0.4, 0.5) is 4.79 Å². The Bertz CT molecular complexity index is 558. The third-order valence-electron chi connectivity index (χ3n) is 4.62. The number of nitrogens with one attached hydrogen (secondary N) is 2. The summed E-state index contributed by atoms with van der Waals surface area (Å²) < 4.78 is 0. The van der Waals surface area contributed by atoms with E-state index in [4.69, 9.17) is 5.11 Å². The molecular weight excluding hydrogens is 268 g/mol. The van der Waals surface area contributed by atoms with Gasteiger partial charge in [-0.05, 0) is 30.4 Å². The molecule has 0 spiro atoms. The smallest absolute Gasteiger partial charge is 0.315 e. The molecule has 0 radical (unpaired) electrons. The highest BCUT2D eigenvalue weighted by molar-refractivity contribution is 5.77. The minimum absolute atomic E-state index is 0.240. The minimum atomic E-state index is -0.814. The molecule has 3 rings (SSSR count). The highest BCUT2D eigenvalue weighted by atomic mass is 16.4. The Labute approximate surface area is 123 Å². The average Bonchev–Trinajstić information content (AvgIpc) is 2.88. The summed E-state index contributed by atoms with van der Waals surface area (Å²) in [6.07, 6.45) is 3.25. The van der Waals surface area contributed by atoms with E-state index in [1.165, 1.54) is 11.1 Å². The van der Waals surface area contributed by atoms with Gasteiger partial charge in [-0.2, -0.15) is 0 Å². The van der Waals surface area contributed by atoms with Crippen LogP contribution in [-0.2, 0) is 11.2 Å². The number of benzene rings is 1. The Morgan fingerprint density at radius 3 is 2.81 bits per heavy atom. The standard InChI is InChI=1S/C16H20N2O3/c19-15(20)13-6-3-7-14(13)18-16(21)17-9-11-8-10-4-1-2-5-12(10)11/h1-2,4-5,11,13-14H,3,6-9H2,(H,19,20)(H2,17,18,21). The molecule has 0 heterocycles. The van der Waals surface area contributed by atoms with Crippen molar-refractivity contribution in [3.63, 3.8) is 0 Å². The van der Waals surface area contributed by atoms with Crippen LogP contribution in [0.1, 0.15) is 36.3 Å². The van der Waals surface area contributed by atoms with Crippen molar-refractivity contribution in [2.75, 3.05) is 6.54 Å². The molecule has 21 heavy (non-hydrogen) atoms. The molecule has 112 valence electrons. The van der Waals surface area contributed by atoms with Crippen LogP contribution in [-0.4, -0.2) is 29.7 Å². The summed E-state index contributed by atoms with van der Waals surface area (Å²) in [6.45, 7) is 0.604. The summed E-state index contributed by atoms with van der Waals surface area (Å²) in [5.41, 5.74) is 2.66. The predicted octanol–water partition coefficient (Wildman–Crippen LogP) is 1.88. The molecule has 1 fully saturated rings. The Hall–Kier alpha value is -2.04. The molecule has 5 heteroatoms. The summed E-state index contributed by atoms with van der Waals surface area (Å²) >= 11 is 0. The van der Waals surface area contributed by atoms with E-state index in [0.29, 0.717) is 18.9 Å². The lowest BCUT2D eigenvalue weighted by molar-refractivity contribution is -0.142. The van der Waals surface area contributed by atoms with Gasteiger partial charge < -0.3 is 15.7 Å². The van der Waals surface area contributed by atoms with Gasteiger partial charge in [0, 0.05) is 18.5 Å².